The first kappa shape index (κ1) is 12.5. The number of rotatable bonds is 5. The van der Waals surface area contributed by atoms with E-state index in [2.05, 4.69) is 10.6 Å². The number of carbonyl (C=O) groups excluding carboxylic acids is 1. The topological polar surface area (TPSA) is 61.4 Å². The number of aliphatic hydroxyl groups is 1. The van der Waals surface area contributed by atoms with E-state index in [9.17, 15) is 9.90 Å². The number of carbonyl (C=O) groups is 1. The van der Waals surface area contributed by atoms with Crippen LogP contribution in [-0.2, 0) is 4.79 Å². The van der Waals surface area contributed by atoms with Gasteiger partial charge >= 0.3 is 0 Å². The fourth-order valence-electron chi connectivity index (χ4n) is 1.87. The van der Waals surface area contributed by atoms with Gasteiger partial charge in [0, 0.05) is 13.1 Å². The van der Waals surface area contributed by atoms with Gasteiger partial charge in [-0.1, -0.05) is 13.3 Å². The van der Waals surface area contributed by atoms with E-state index in [1.807, 2.05) is 13.8 Å². The first-order valence-electron chi connectivity index (χ1n) is 5.75. The molecular formula is C11H22N2O2. The monoisotopic (exact) mass is 214 g/mol. The predicted octanol–water partition coefficient (Wildman–Crippen LogP) is 0.263. The van der Waals surface area contributed by atoms with Gasteiger partial charge in [-0.05, 0) is 26.3 Å². The maximum absolute atomic E-state index is 11.8. The molecule has 0 saturated carbocycles. The molecule has 1 aliphatic rings. The van der Waals surface area contributed by atoms with Gasteiger partial charge < -0.3 is 15.7 Å². The van der Waals surface area contributed by atoms with Gasteiger partial charge in [-0.3, -0.25) is 4.79 Å². The molecule has 15 heavy (non-hydrogen) atoms. The molecule has 1 aliphatic heterocycles. The summed E-state index contributed by atoms with van der Waals surface area (Å²) in [5.74, 6) is 0.0580. The van der Waals surface area contributed by atoms with Gasteiger partial charge in [0.2, 0.25) is 5.91 Å². The highest BCUT2D eigenvalue weighted by Crippen LogP contribution is 2.24. The van der Waals surface area contributed by atoms with E-state index in [0.29, 0.717) is 6.54 Å². The van der Waals surface area contributed by atoms with E-state index < -0.39 is 6.10 Å². The van der Waals surface area contributed by atoms with Crippen molar-refractivity contribution >= 4 is 5.91 Å². The van der Waals surface area contributed by atoms with Crippen molar-refractivity contribution in [3.05, 3.63) is 0 Å². The fourth-order valence-corrected chi connectivity index (χ4v) is 1.87. The number of aliphatic hydroxyl groups excluding tert-OH is 1. The zero-order valence-electron chi connectivity index (χ0n) is 9.68. The molecule has 2 unspecified atom stereocenters. The quantitative estimate of drug-likeness (QED) is 0.615. The zero-order valence-corrected chi connectivity index (χ0v) is 9.68. The summed E-state index contributed by atoms with van der Waals surface area (Å²) in [5.41, 5.74) is -0.286. The van der Waals surface area contributed by atoms with Crippen molar-refractivity contribution in [1.82, 2.24) is 10.6 Å². The van der Waals surface area contributed by atoms with Crippen molar-refractivity contribution in [2.75, 3.05) is 19.6 Å². The normalized spacial score (nSPS) is 27.7. The average Bonchev–Trinajstić information content (AvgIpc) is 2.63. The summed E-state index contributed by atoms with van der Waals surface area (Å²) < 4.78 is 0. The standard InChI is InChI=1S/C11H22N2O2/c1-3-4-9(14)7-13-10(15)11(2)5-6-12-8-11/h9,12,14H,3-8H2,1-2H3,(H,13,15). The summed E-state index contributed by atoms with van der Waals surface area (Å²) in [6.45, 7) is 6.01. The van der Waals surface area contributed by atoms with Crippen LogP contribution in [0.5, 0.6) is 0 Å². The molecule has 1 saturated heterocycles. The van der Waals surface area contributed by atoms with Crippen LogP contribution in [0.1, 0.15) is 33.1 Å². The molecule has 2 atom stereocenters. The number of hydrogen-bond acceptors (Lipinski definition) is 3. The minimum atomic E-state index is -0.406. The second-order valence-corrected chi connectivity index (χ2v) is 4.64. The lowest BCUT2D eigenvalue weighted by Gasteiger charge is -2.22. The molecule has 1 heterocycles. The van der Waals surface area contributed by atoms with Gasteiger partial charge in [-0.2, -0.15) is 0 Å². The molecule has 0 spiro atoms. The van der Waals surface area contributed by atoms with Crippen LogP contribution in [0.15, 0.2) is 0 Å². The third kappa shape index (κ3) is 3.47. The van der Waals surface area contributed by atoms with Crippen molar-refractivity contribution in [3.63, 3.8) is 0 Å². The Morgan fingerprint density at radius 3 is 2.93 bits per heavy atom. The van der Waals surface area contributed by atoms with Crippen molar-refractivity contribution in [2.45, 2.75) is 39.2 Å². The van der Waals surface area contributed by atoms with Gasteiger partial charge in [0.25, 0.3) is 0 Å². The Morgan fingerprint density at radius 2 is 2.40 bits per heavy atom. The van der Waals surface area contributed by atoms with E-state index >= 15 is 0 Å². The molecule has 0 aromatic heterocycles. The third-order valence-electron chi connectivity index (χ3n) is 3.04. The van der Waals surface area contributed by atoms with Gasteiger partial charge in [0.15, 0.2) is 0 Å². The van der Waals surface area contributed by atoms with Crippen molar-refractivity contribution in [1.29, 1.82) is 0 Å². The molecule has 0 bridgehead atoms. The minimum absolute atomic E-state index is 0.0580. The van der Waals surface area contributed by atoms with E-state index in [1.54, 1.807) is 0 Å². The Labute approximate surface area is 91.4 Å². The fraction of sp³-hybridized carbons (Fsp3) is 0.909. The molecule has 0 radical (unpaired) electrons. The first-order chi connectivity index (χ1) is 7.08. The summed E-state index contributed by atoms with van der Waals surface area (Å²) in [4.78, 5) is 11.8. The summed E-state index contributed by atoms with van der Waals surface area (Å²) in [7, 11) is 0. The predicted molar refractivity (Wildman–Crippen MR) is 59.5 cm³/mol. The van der Waals surface area contributed by atoms with Crippen LogP contribution in [0, 0.1) is 5.41 Å². The maximum Gasteiger partial charge on any atom is 0.227 e. The van der Waals surface area contributed by atoms with Crippen LogP contribution in [0.4, 0.5) is 0 Å². The maximum atomic E-state index is 11.8. The lowest BCUT2D eigenvalue weighted by molar-refractivity contribution is -0.129. The Morgan fingerprint density at radius 1 is 1.67 bits per heavy atom. The lowest BCUT2D eigenvalue weighted by Crippen LogP contribution is -2.43. The SMILES string of the molecule is CCCC(O)CNC(=O)C1(C)CCNC1. The molecule has 88 valence electrons. The first-order valence-corrected chi connectivity index (χ1v) is 5.75. The molecule has 3 N–H and O–H groups in total. The highest BCUT2D eigenvalue weighted by molar-refractivity contribution is 5.82. The largest absolute Gasteiger partial charge is 0.391 e. The summed E-state index contributed by atoms with van der Waals surface area (Å²) in [6.07, 6.45) is 2.16. The third-order valence-corrected chi connectivity index (χ3v) is 3.04. The average molecular weight is 214 g/mol. The van der Waals surface area contributed by atoms with E-state index in [4.69, 9.17) is 0 Å². The molecule has 4 heteroatoms. The van der Waals surface area contributed by atoms with Gasteiger partial charge in [-0.15, -0.1) is 0 Å². The second kappa shape index (κ2) is 5.47. The van der Waals surface area contributed by atoms with Crippen LogP contribution in [0.25, 0.3) is 0 Å². The molecule has 1 fully saturated rings. The highest BCUT2D eigenvalue weighted by atomic mass is 16.3. The minimum Gasteiger partial charge on any atom is -0.391 e. The molecule has 1 rings (SSSR count). The van der Waals surface area contributed by atoms with Gasteiger partial charge in [0.1, 0.15) is 0 Å². The van der Waals surface area contributed by atoms with E-state index in [-0.39, 0.29) is 11.3 Å². The van der Waals surface area contributed by atoms with E-state index in [1.165, 1.54) is 0 Å². The smallest absolute Gasteiger partial charge is 0.227 e. The zero-order chi connectivity index (χ0) is 11.3. The molecule has 4 nitrogen and oxygen atoms in total. The van der Waals surface area contributed by atoms with Crippen LogP contribution < -0.4 is 10.6 Å². The van der Waals surface area contributed by atoms with Crippen molar-refractivity contribution < 1.29 is 9.90 Å². The Bertz CT molecular complexity index is 213. The van der Waals surface area contributed by atoms with Crippen molar-refractivity contribution in [2.24, 2.45) is 5.41 Å². The Hall–Kier alpha value is -0.610. The summed E-state index contributed by atoms with van der Waals surface area (Å²) in [5, 5.41) is 15.5. The van der Waals surface area contributed by atoms with Crippen LogP contribution in [0.2, 0.25) is 0 Å². The Kier molecular flexibility index (Phi) is 4.54. The highest BCUT2D eigenvalue weighted by Gasteiger charge is 2.36. The second-order valence-electron chi connectivity index (χ2n) is 4.64. The van der Waals surface area contributed by atoms with Gasteiger partial charge in [0.05, 0.1) is 11.5 Å². The van der Waals surface area contributed by atoms with Crippen LogP contribution >= 0.6 is 0 Å². The Balaban J connectivity index is 2.29. The van der Waals surface area contributed by atoms with Gasteiger partial charge in [-0.25, -0.2) is 0 Å². The number of nitrogens with one attached hydrogen (secondary N) is 2. The molecule has 0 aliphatic carbocycles. The van der Waals surface area contributed by atoms with Crippen LogP contribution in [-0.4, -0.2) is 36.8 Å². The summed E-state index contributed by atoms with van der Waals surface area (Å²) >= 11 is 0. The molecular weight excluding hydrogens is 192 g/mol. The number of amides is 1. The number of hydrogen-bond donors (Lipinski definition) is 3. The summed E-state index contributed by atoms with van der Waals surface area (Å²) in [6, 6.07) is 0. The molecule has 0 aromatic rings. The molecule has 1 amide bonds. The molecule has 0 aromatic carbocycles. The van der Waals surface area contributed by atoms with Crippen molar-refractivity contribution in [3.8, 4) is 0 Å². The van der Waals surface area contributed by atoms with Crippen LogP contribution in [0.3, 0.4) is 0 Å². The van der Waals surface area contributed by atoms with E-state index in [0.717, 1.165) is 32.4 Å². The lowest BCUT2D eigenvalue weighted by atomic mass is 9.89.